The Kier molecular flexibility index (Phi) is 5.03. The van der Waals surface area contributed by atoms with E-state index in [0.717, 1.165) is 19.3 Å². The number of aromatic nitrogens is 1. The number of carbonyl (C=O) groups is 1. The van der Waals surface area contributed by atoms with Crippen molar-refractivity contribution in [3.05, 3.63) is 24.0 Å². The van der Waals surface area contributed by atoms with Gasteiger partial charge in [-0.2, -0.15) is 13.2 Å². The summed E-state index contributed by atoms with van der Waals surface area (Å²) in [5.74, 6) is 0. The molecule has 0 radical (unpaired) electrons. The number of alkyl halides is 3. The molecule has 2 aliphatic heterocycles. The van der Waals surface area contributed by atoms with Gasteiger partial charge in [-0.3, -0.25) is 0 Å². The minimum Gasteiger partial charge on any atom is -0.444 e. The lowest BCUT2D eigenvalue weighted by Gasteiger charge is -2.42. The monoisotopic (exact) mass is 385 g/mol. The first kappa shape index (κ1) is 19.8. The number of nitrogens with zero attached hydrogens (tertiary/aromatic N) is 3. The third-order valence-corrected chi connectivity index (χ3v) is 5.15. The summed E-state index contributed by atoms with van der Waals surface area (Å²) >= 11 is 0. The number of anilines is 1. The van der Waals surface area contributed by atoms with Crippen molar-refractivity contribution in [2.75, 3.05) is 31.1 Å². The predicted molar refractivity (Wildman–Crippen MR) is 95.5 cm³/mol. The van der Waals surface area contributed by atoms with Crippen LogP contribution in [-0.2, 0) is 10.9 Å². The molecule has 27 heavy (non-hydrogen) atoms. The standard InChI is InChI=1S/C19H26F3N3O2/c1-17(2,3)27-16(26)25-11-8-18(13-25)7-5-10-24(12-18)14-6-4-9-23-15(14)19(20,21)22/h4,6,9H,5,7-8,10-13H2,1-3H3. The number of hydrogen-bond acceptors (Lipinski definition) is 4. The van der Waals surface area contributed by atoms with Crippen molar-refractivity contribution in [3.8, 4) is 0 Å². The fourth-order valence-electron chi connectivity index (χ4n) is 4.03. The number of pyridine rings is 1. The van der Waals surface area contributed by atoms with E-state index in [4.69, 9.17) is 4.74 Å². The lowest BCUT2D eigenvalue weighted by atomic mass is 9.79. The summed E-state index contributed by atoms with van der Waals surface area (Å²) in [6.07, 6.45) is -1.22. The molecule has 1 atom stereocenters. The molecule has 2 fully saturated rings. The first-order chi connectivity index (χ1) is 12.5. The topological polar surface area (TPSA) is 45.7 Å². The average molecular weight is 385 g/mol. The van der Waals surface area contributed by atoms with Crippen LogP contribution in [0.25, 0.3) is 0 Å². The third-order valence-electron chi connectivity index (χ3n) is 5.15. The van der Waals surface area contributed by atoms with E-state index < -0.39 is 17.5 Å². The number of hydrogen-bond donors (Lipinski definition) is 0. The molecule has 150 valence electrons. The van der Waals surface area contributed by atoms with Crippen LogP contribution in [0.15, 0.2) is 18.3 Å². The normalized spacial score (nSPS) is 23.8. The van der Waals surface area contributed by atoms with Crippen LogP contribution in [0.4, 0.5) is 23.7 Å². The van der Waals surface area contributed by atoms with Gasteiger partial charge in [-0.25, -0.2) is 9.78 Å². The lowest BCUT2D eigenvalue weighted by Crippen LogP contribution is -2.46. The van der Waals surface area contributed by atoms with Crippen molar-refractivity contribution in [2.45, 2.75) is 51.8 Å². The van der Waals surface area contributed by atoms with Crippen molar-refractivity contribution >= 4 is 11.8 Å². The highest BCUT2D eigenvalue weighted by molar-refractivity contribution is 5.68. The molecular formula is C19H26F3N3O2. The molecule has 3 rings (SSSR count). The zero-order chi connectivity index (χ0) is 19.9. The molecule has 0 N–H and O–H groups in total. The van der Waals surface area contributed by atoms with Crippen LogP contribution in [0.1, 0.15) is 45.7 Å². The molecular weight excluding hydrogens is 359 g/mol. The Bertz CT molecular complexity index is 702. The molecule has 8 heteroatoms. The Hall–Kier alpha value is -1.99. The molecule has 2 aliphatic rings. The van der Waals surface area contributed by atoms with E-state index in [1.54, 1.807) is 9.80 Å². The largest absolute Gasteiger partial charge is 0.444 e. The van der Waals surface area contributed by atoms with Crippen LogP contribution in [-0.4, -0.2) is 47.8 Å². The molecule has 0 bridgehead atoms. The van der Waals surface area contributed by atoms with Gasteiger partial charge in [0.05, 0.1) is 5.69 Å². The Morgan fingerprint density at radius 1 is 1.19 bits per heavy atom. The molecule has 3 heterocycles. The fourth-order valence-corrected chi connectivity index (χ4v) is 4.03. The zero-order valence-electron chi connectivity index (χ0n) is 16.0. The predicted octanol–water partition coefficient (Wildman–Crippen LogP) is 4.33. The smallest absolute Gasteiger partial charge is 0.435 e. The number of ether oxygens (including phenoxy) is 1. The van der Waals surface area contributed by atoms with E-state index in [-0.39, 0.29) is 17.2 Å². The van der Waals surface area contributed by atoms with Crippen molar-refractivity contribution in [1.82, 2.24) is 9.88 Å². The van der Waals surface area contributed by atoms with Crippen LogP contribution in [0, 0.1) is 5.41 Å². The average Bonchev–Trinajstić information content (AvgIpc) is 2.96. The van der Waals surface area contributed by atoms with Crippen LogP contribution < -0.4 is 4.90 Å². The van der Waals surface area contributed by atoms with Crippen molar-refractivity contribution in [1.29, 1.82) is 0 Å². The molecule has 0 aromatic carbocycles. The first-order valence-corrected chi connectivity index (χ1v) is 9.24. The zero-order valence-corrected chi connectivity index (χ0v) is 16.0. The molecule has 1 unspecified atom stereocenters. The molecule has 1 aromatic heterocycles. The van der Waals surface area contributed by atoms with Gasteiger partial charge in [0.25, 0.3) is 0 Å². The molecule has 1 aromatic rings. The van der Waals surface area contributed by atoms with Crippen LogP contribution in [0.5, 0.6) is 0 Å². The van der Waals surface area contributed by atoms with Crippen LogP contribution in [0.3, 0.4) is 0 Å². The fraction of sp³-hybridized carbons (Fsp3) is 0.684. The van der Waals surface area contributed by atoms with Gasteiger partial charge in [0.1, 0.15) is 5.60 Å². The number of likely N-dealkylation sites (tertiary alicyclic amines) is 1. The number of halogens is 3. The Morgan fingerprint density at radius 2 is 1.93 bits per heavy atom. The van der Waals surface area contributed by atoms with Gasteiger partial charge in [0, 0.05) is 37.8 Å². The number of amides is 1. The summed E-state index contributed by atoms with van der Waals surface area (Å²) in [4.78, 5) is 19.4. The Balaban J connectivity index is 1.75. The molecule has 0 saturated carbocycles. The van der Waals surface area contributed by atoms with Gasteiger partial charge in [0.2, 0.25) is 0 Å². The van der Waals surface area contributed by atoms with Gasteiger partial charge in [-0.15, -0.1) is 0 Å². The molecule has 5 nitrogen and oxygen atoms in total. The van der Waals surface area contributed by atoms with E-state index in [1.807, 2.05) is 20.8 Å². The number of carbonyl (C=O) groups excluding carboxylic acids is 1. The van der Waals surface area contributed by atoms with Gasteiger partial charge < -0.3 is 14.5 Å². The molecule has 2 saturated heterocycles. The van der Waals surface area contributed by atoms with Crippen molar-refractivity contribution in [2.24, 2.45) is 5.41 Å². The molecule has 0 aliphatic carbocycles. The summed E-state index contributed by atoms with van der Waals surface area (Å²) in [7, 11) is 0. The summed E-state index contributed by atoms with van der Waals surface area (Å²) in [6, 6.07) is 3.02. The highest BCUT2D eigenvalue weighted by Crippen LogP contribution is 2.43. The van der Waals surface area contributed by atoms with Crippen molar-refractivity contribution < 1.29 is 22.7 Å². The number of piperidine rings is 1. The molecule has 1 amide bonds. The van der Waals surface area contributed by atoms with Gasteiger partial charge >= 0.3 is 12.3 Å². The summed E-state index contributed by atoms with van der Waals surface area (Å²) in [5, 5.41) is 0. The maximum atomic E-state index is 13.3. The van der Waals surface area contributed by atoms with Gasteiger partial charge in [0.15, 0.2) is 5.69 Å². The molecule has 1 spiro atoms. The second-order valence-electron chi connectivity index (χ2n) is 8.55. The van der Waals surface area contributed by atoms with Crippen LogP contribution in [0.2, 0.25) is 0 Å². The SMILES string of the molecule is CC(C)(C)OC(=O)N1CCC2(CCCN(c3cccnc3C(F)(F)F)C2)C1. The maximum Gasteiger partial charge on any atom is 0.435 e. The van der Waals surface area contributed by atoms with E-state index in [0.29, 0.717) is 26.2 Å². The van der Waals surface area contributed by atoms with Gasteiger partial charge in [-0.1, -0.05) is 0 Å². The Labute approximate surface area is 157 Å². The first-order valence-electron chi connectivity index (χ1n) is 9.24. The summed E-state index contributed by atoms with van der Waals surface area (Å²) < 4.78 is 45.5. The van der Waals surface area contributed by atoms with E-state index >= 15 is 0 Å². The quantitative estimate of drug-likeness (QED) is 0.722. The van der Waals surface area contributed by atoms with E-state index in [9.17, 15) is 18.0 Å². The second-order valence-corrected chi connectivity index (χ2v) is 8.55. The highest BCUT2D eigenvalue weighted by atomic mass is 19.4. The number of rotatable bonds is 1. The van der Waals surface area contributed by atoms with Crippen molar-refractivity contribution in [3.63, 3.8) is 0 Å². The third kappa shape index (κ3) is 4.47. The minimum atomic E-state index is -4.49. The second kappa shape index (κ2) is 6.87. The van der Waals surface area contributed by atoms with Gasteiger partial charge in [-0.05, 0) is 52.2 Å². The minimum absolute atomic E-state index is 0.125. The Morgan fingerprint density at radius 3 is 2.59 bits per heavy atom. The highest BCUT2D eigenvalue weighted by Gasteiger charge is 2.45. The van der Waals surface area contributed by atoms with E-state index in [2.05, 4.69) is 4.98 Å². The van der Waals surface area contributed by atoms with Crippen LogP contribution >= 0.6 is 0 Å². The summed E-state index contributed by atoms with van der Waals surface area (Å²) in [5.41, 5.74) is -1.49. The lowest BCUT2D eigenvalue weighted by molar-refractivity contribution is -0.140. The maximum absolute atomic E-state index is 13.3. The van der Waals surface area contributed by atoms with E-state index in [1.165, 1.54) is 18.3 Å². The summed E-state index contributed by atoms with van der Waals surface area (Å²) in [6.45, 7) is 7.59.